The van der Waals surface area contributed by atoms with E-state index in [9.17, 15) is 23.3 Å². The highest BCUT2D eigenvalue weighted by Crippen LogP contribution is 2.23. The van der Waals surface area contributed by atoms with Gasteiger partial charge in [0.25, 0.3) is 11.6 Å². The van der Waals surface area contributed by atoms with Gasteiger partial charge < -0.3 is 4.90 Å². The Balaban J connectivity index is 1.70. The van der Waals surface area contributed by atoms with Crippen LogP contribution in [0.5, 0.6) is 0 Å². The molecule has 28 heavy (non-hydrogen) atoms. The van der Waals surface area contributed by atoms with Crippen molar-refractivity contribution in [2.45, 2.75) is 18.7 Å². The molecule has 1 saturated heterocycles. The Morgan fingerprint density at radius 2 is 1.61 bits per heavy atom. The molecule has 0 bridgehead atoms. The summed E-state index contributed by atoms with van der Waals surface area (Å²) in [5, 5.41) is 10.7. The Hall–Kier alpha value is -2.78. The molecule has 0 saturated carbocycles. The first-order chi connectivity index (χ1) is 13.2. The van der Waals surface area contributed by atoms with Crippen molar-refractivity contribution in [2.75, 3.05) is 26.2 Å². The van der Waals surface area contributed by atoms with Crippen LogP contribution < -0.4 is 0 Å². The van der Waals surface area contributed by atoms with Gasteiger partial charge in [-0.1, -0.05) is 12.1 Å². The quantitative estimate of drug-likeness (QED) is 0.576. The summed E-state index contributed by atoms with van der Waals surface area (Å²) in [6.45, 7) is 4.54. The molecule has 0 unspecified atom stereocenters. The SMILES string of the molecule is Cc1ccc(C)c(S(=O)(=O)N2CCN(C(=O)c3ccc([N+](=O)[O-])cc3)CC2)c1. The van der Waals surface area contributed by atoms with Gasteiger partial charge in [-0.05, 0) is 43.2 Å². The second-order valence-corrected chi connectivity index (χ2v) is 8.68. The summed E-state index contributed by atoms with van der Waals surface area (Å²) < 4.78 is 27.3. The number of hydrogen-bond acceptors (Lipinski definition) is 5. The van der Waals surface area contributed by atoms with Gasteiger partial charge >= 0.3 is 0 Å². The molecule has 0 radical (unpaired) electrons. The molecule has 1 fully saturated rings. The van der Waals surface area contributed by atoms with E-state index in [1.54, 1.807) is 24.0 Å². The number of piperazine rings is 1. The second kappa shape index (κ2) is 7.69. The van der Waals surface area contributed by atoms with Crippen molar-refractivity contribution < 1.29 is 18.1 Å². The smallest absolute Gasteiger partial charge is 0.269 e. The fourth-order valence-electron chi connectivity index (χ4n) is 3.16. The van der Waals surface area contributed by atoms with E-state index in [0.29, 0.717) is 16.0 Å². The summed E-state index contributed by atoms with van der Waals surface area (Å²) in [5.41, 5.74) is 1.82. The number of carbonyl (C=O) groups is 1. The Labute approximate surface area is 163 Å². The molecule has 1 aliphatic rings. The molecule has 2 aromatic rings. The van der Waals surface area contributed by atoms with Crippen molar-refractivity contribution in [3.8, 4) is 0 Å². The zero-order chi connectivity index (χ0) is 20.5. The largest absolute Gasteiger partial charge is 0.336 e. The Bertz CT molecular complexity index is 1010. The number of nitro benzene ring substituents is 1. The number of amides is 1. The van der Waals surface area contributed by atoms with Crippen molar-refractivity contribution in [3.63, 3.8) is 0 Å². The maximum absolute atomic E-state index is 13.0. The van der Waals surface area contributed by atoms with Crippen molar-refractivity contribution >= 4 is 21.6 Å². The van der Waals surface area contributed by atoms with Crippen LogP contribution in [-0.4, -0.2) is 54.6 Å². The first kappa shape index (κ1) is 20.0. The molecule has 8 nitrogen and oxygen atoms in total. The van der Waals surface area contributed by atoms with E-state index in [0.717, 1.165) is 5.56 Å². The van der Waals surface area contributed by atoms with Crippen molar-refractivity contribution in [1.29, 1.82) is 0 Å². The molecule has 0 aromatic heterocycles. The number of hydrogen-bond donors (Lipinski definition) is 0. The number of benzene rings is 2. The van der Waals surface area contributed by atoms with Crippen LogP contribution in [0.1, 0.15) is 21.5 Å². The van der Waals surface area contributed by atoms with Crippen LogP contribution in [0.4, 0.5) is 5.69 Å². The predicted octanol–water partition coefficient (Wildman–Crippen LogP) is 2.36. The Kier molecular flexibility index (Phi) is 5.48. The summed E-state index contributed by atoms with van der Waals surface area (Å²) in [6, 6.07) is 10.7. The van der Waals surface area contributed by atoms with Crippen LogP contribution in [0.3, 0.4) is 0 Å². The van der Waals surface area contributed by atoms with Crippen LogP contribution in [-0.2, 0) is 10.0 Å². The summed E-state index contributed by atoms with van der Waals surface area (Å²) in [6.07, 6.45) is 0. The van der Waals surface area contributed by atoms with Gasteiger partial charge in [0.2, 0.25) is 10.0 Å². The molecule has 1 amide bonds. The maximum atomic E-state index is 13.0. The molecule has 0 N–H and O–H groups in total. The monoisotopic (exact) mass is 403 g/mol. The molecule has 3 rings (SSSR count). The minimum absolute atomic E-state index is 0.0824. The van der Waals surface area contributed by atoms with Gasteiger partial charge in [0, 0.05) is 43.9 Å². The van der Waals surface area contributed by atoms with E-state index in [2.05, 4.69) is 0 Å². The van der Waals surface area contributed by atoms with Crippen molar-refractivity contribution in [1.82, 2.24) is 9.21 Å². The molecule has 0 aliphatic carbocycles. The number of aryl methyl sites for hydroxylation is 2. The predicted molar refractivity (Wildman–Crippen MR) is 104 cm³/mol. The molecule has 1 heterocycles. The van der Waals surface area contributed by atoms with E-state index >= 15 is 0 Å². The Morgan fingerprint density at radius 3 is 2.18 bits per heavy atom. The average molecular weight is 403 g/mol. The number of nitro groups is 1. The minimum Gasteiger partial charge on any atom is -0.336 e. The summed E-state index contributed by atoms with van der Waals surface area (Å²) in [7, 11) is -3.62. The molecular formula is C19H21N3O5S. The normalized spacial score (nSPS) is 15.4. The van der Waals surface area contributed by atoms with E-state index in [1.807, 2.05) is 13.0 Å². The number of nitrogens with zero attached hydrogens (tertiary/aromatic N) is 3. The van der Waals surface area contributed by atoms with Gasteiger partial charge in [-0.3, -0.25) is 14.9 Å². The zero-order valence-corrected chi connectivity index (χ0v) is 16.5. The topological polar surface area (TPSA) is 101 Å². The molecule has 0 spiro atoms. The third-order valence-electron chi connectivity index (χ3n) is 4.81. The molecule has 9 heteroatoms. The maximum Gasteiger partial charge on any atom is 0.269 e. The summed E-state index contributed by atoms with van der Waals surface area (Å²) >= 11 is 0. The lowest BCUT2D eigenvalue weighted by Gasteiger charge is -2.34. The van der Waals surface area contributed by atoms with Crippen LogP contribution in [0, 0.1) is 24.0 Å². The molecule has 1 aliphatic heterocycles. The third kappa shape index (κ3) is 3.90. The first-order valence-electron chi connectivity index (χ1n) is 8.81. The number of non-ortho nitro benzene ring substituents is 1. The molecular weight excluding hydrogens is 382 g/mol. The summed E-state index contributed by atoms with van der Waals surface area (Å²) in [4.78, 5) is 24.7. The van der Waals surface area contributed by atoms with Gasteiger partial charge in [0.1, 0.15) is 0 Å². The van der Waals surface area contributed by atoms with Crippen LogP contribution in [0.2, 0.25) is 0 Å². The fraction of sp³-hybridized carbons (Fsp3) is 0.316. The first-order valence-corrected chi connectivity index (χ1v) is 10.3. The number of rotatable bonds is 4. The van der Waals surface area contributed by atoms with Gasteiger partial charge in [0.05, 0.1) is 9.82 Å². The highest BCUT2D eigenvalue weighted by molar-refractivity contribution is 7.89. The van der Waals surface area contributed by atoms with E-state index in [1.165, 1.54) is 28.6 Å². The van der Waals surface area contributed by atoms with Gasteiger partial charge in [0.15, 0.2) is 0 Å². The van der Waals surface area contributed by atoms with Crippen molar-refractivity contribution in [2.24, 2.45) is 0 Å². The van der Waals surface area contributed by atoms with Crippen molar-refractivity contribution in [3.05, 3.63) is 69.3 Å². The minimum atomic E-state index is -3.62. The lowest BCUT2D eigenvalue weighted by atomic mass is 10.1. The van der Waals surface area contributed by atoms with E-state index in [4.69, 9.17) is 0 Å². The average Bonchev–Trinajstić information content (AvgIpc) is 2.69. The van der Waals surface area contributed by atoms with E-state index in [-0.39, 0.29) is 37.8 Å². The zero-order valence-electron chi connectivity index (χ0n) is 15.7. The van der Waals surface area contributed by atoms with E-state index < -0.39 is 14.9 Å². The van der Waals surface area contributed by atoms with Crippen LogP contribution >= 0.6 is 0 Å². The molecule has 0 atom stereocenters. The number of sulfonamides is 1. The molecule has 2 aromatic carbocycles. The lowest BCUT2D eigenvalue weighted by Crippen LogP contribution is -2.50. The standard InChI is InChI=1S/C19H21N3O5S/c1-14-3-4-15(2)18(13-14)28(26,27)21-11-9-20(10-12-21)19(23)16-5-7-17(8-6-16)22(24)25/h3-8,13H,9-12H2,1-2H3. The fourth-order valence-corrected chi connectivity index (χ4v) is 4.90. The van der Waals surface area contributed by atoms with Crippen LogP contribution in [0.25, 0.3) is 0 Å². The number of carbonyl (C=O) groups excluding carboxylic acids is 1. The Morgan fingerprint density at radius 1 is 1.00 bits per heavy atom. The summed E-state index contributed by atoms with van der Waals surface area (Å²) in [5.74, 6) is -0.265. The molecule has 148 valence electrons. The van der Waals surface area contributed by atoms with Gasteiger partial charge in [-0.25, -0.2) is 8.42 Å². The third-order valence-corrected chi connectivity index (χ3v) is 6.85. The van der Waals surface area contributed by atoms with Gasteiger partial charge in [-0.15, -0.1) is 0 Å². The highest BCUT2D eigenvalue weighted by atomic mass is 32.2. The van der Waals surface area contributed by atoms with Crippen LogP contribution in [0.15, 0.2) is 47.4 Å². The highest BCUT2D eigenvalue weighted by Gasteiger charge is 2.31. The van der Waals surface area contributed by atoms with Gasteiger partial charge in [-0.2, -0.15) is 4.31 Å². The second-order valence-electron chi connectivity index (χ2n) is 6.77. The lowest BCUT2D eigenvalue weighted by molar-refractivity contribution is -0.384.